The maximum Gasteiger partial charge on any atom is 0.357 e. The molecule has 282 valence electrons. The van der Waals surface area contributed by atoms with Gasteiger partial charge in [0.15, 0.2) is 17.2 Å². The average molecular weight is 705 g/mol. The Labute approximate surface area is 307 Å². The van der Waals surface area contributed by atoms with Gasteiger partial charge in [0.25, 0.3) is 0 Å². The van der Waals surface area contributed by atoms with Crippen LogP contribution < -0.4 is 9.47 Å². The highest BCUT2D eigenvalue weighted by Gasteiger charge is 2.31. The van der Waals surface area contributed by atoms with Crippen molar-refractivity contribution in [1.29, 1.82) is 0 Å². The fraction of sp³-hybridized carbons (Fsp3) is 0.605. The number of carbonyl (C=O) groups is 2. The molecule has 0 radical (unpaired) electrons. The van der Waals surface area contributed by atoms with E-state index in [1.165, 1.54) is 122 Å². The van der Waals surface area contributed by atoms with E-state index in [0.717, 1.165) is 25.7 Å². The number of hydrogen-bond donors (Lipinski definition) is 0. The lowest BCUT2D eigenvalue weighted by molar-refractivity contribution is 0.0549. The predicted octanol–water partition coefficient (Wildman–Crippen LogP) is 11.7. The molecule has 0 aliphatic rings. The second-order valence-electron chi connectivity index (χ2n) is 13.5. The van der Waals surface area contributed by atoms with Crippen LogP contribution in [0.3, 0.4) is 0 Å². The Balaban J connectivity index is 1.74. The number of benzene rings is 2. The van der Waals surface area contributed by atoms with Gasteiger partial charge in [-0.3, -0.25) is 0 Å². The summed E-state index contributed by atoms with van der Waals surface area (Å²) in [6, 6.07) is 14.8. The normalized spacial score (nSPS) is 11.1. The number of rotatable bonds is 28. The summed E-state index contributed by atoms with van der Waals surface area (Å²) in [6.45, 7) is 5.68. The molecule has 0 N–H and O–H groups in total. The van der Waals surface area contributed by atoms with Gasteiger partial charge in [-0.1, -0.05) is 148 Å². The van der Waals surface area contributed by atoms with Crippen molar-refractivity contribution >= 4 is 11.9 Å². The Hall–Kier alpha value is -3.81. The molecule has 0 atom stereocenters. The van der Waals surface area contributed by atoms with Gasteiger partial charge < -0.3 is 18.9 Å². The van der Waals surface area contributed by atoms with Crippen molar-refractivity contribution in [3.63, 3.8) is 0 Å². The summed E-state index contributed by atoms with van der Waals surface area (Å²) in [5.41, 5.74) is 1.56. The first-order valence-corrected chi connectivity index (χ1v) is 19.8. The van der Waals surface area contributed by atoms with Gasteiger partial charge in [0.05, 0.1) is 33.1 Å². The summed E-state index contributed by atoms with van der Waals surface area (Å²) in [7, 11) is 2.57. The molecule has 2 aromatic carbocycles. The van der Waals surface area contributed by atoms with Crippen LogP contribution in [0, 0.1) is 0 Å². The number of nitrogens with zero attached hydrogens (tertiary/aromatic N) is 2. The largest absolute Gasteiger partial charge is 0.490 e. The van der Waals surface area contributed by atoms with Crippen LogP contribution in [0.15, 0.2) is 48.5 Å². The van der Waals surface area contributed by atoms with E-state index in [1.807, 2.05) is 48.5 Å². The Kier molecular flexibility index (Phi) is 20.6. The minimum atomic E-state index is -0.688. The third-order valence-corrected chi connectivity index (χ3v) is 9.38. The molecule has 0 aliphatic carbocycles. The van der Waals surface area contributed by atoms with E-state index < -0.39 is 11.9 Å². The average Bonchev–Trinajstić information content (AvgIpc) is 3.57. The SMILES string of the molecule is CCCCCCCCCCCCOc1ccc(-c2nn(-c3ccccc3)c(C(=O)OC)c2C(=O)OC)cc1OCCCCCCCCCCCC. The van der Waals surface area contributed by atoms with Crippen molar-refractivity contribution < 1.29 is 28.5 Å². The number of esters is 2. The minimum absolute atomic E-state index is 0.000308. The lowest BCUT2D eigenvalue weighted by Gasteiger charge is -2.14. The quantitative estimate of drug-likeness (QED) is 0.0549. The Bertz CT molecular complexity index is 1400. The highest BCUT2D eigenvalue weighted by atomic mass is 16.5. The number of carbonyl (C=O) groups excluding carboxylic acids is 2. The highest BCUT2D eigenvalue weighted by Crippen LogP contribution is 2.36. The molecule has 0 amide bonds. The molecule has 0 fully saturated rings. The zero-order chi connectivity index (χ0) is 36.5. The predicted molar refractivity (Wildman–Crippen MR) is 206 cm³/mol. The van der Waals surface area contributed by atoms with Gasteiger partial charge >= 0.3 is 11.9 Å². The zero-order valence-electron chi connectivity index (χ0n) is 32.0. The molecule has 1 heterocycles. The summed E-state index contributed by atoms with van der Waals surface area (Å²) < 4.78 is 24.3. The number of unbranched alkanes of at least 4 members (excludes halogenated alkanes) is 18. The van der Waals surface area contributed by atoms with Gasteiger partial charge in [0.1, 0.15) is 11.3 Å². The molecule has 0 unspecified atom stereocenters. The zero-order valence-corrected chi connectivity index (χ0v) is 32.0. The van der Waals surface area contributed by atoms with Crippen LogP contribution in [0.1, 0.15) is 163 Å². The van der Waals surface area contributed by atoms with Crippen molar-refractivity contribution in [2.45, 2.75) is 142 Å². The molecule has 0 bridgehead atoms. The van der Waals surface area contributed by atoms with E-state index in [1.54, 1.807) is 0 Å². The van der Waals surface area contributed by atoms with Crippen LogP contribution in [-0.4, -0.2) is 49.2 Å². The molecule has 1 aromatic heterocycles. The maximum absolute atomic E-state index is 13.2. The van der Waals surface area contributed by atoms with Gasteiger partial charge in [0.2, 0.25) is 0 Å². The van der Waals surface area contributed by atoms with Crippen LogP contribution in [0.25, 0.3) is 16.9 Å². The van der Waals surface area contributed by atoms with Crippen LogP contribution in [0.5, 0.6) is 11.5 Å². The molecule has 0 spiro atoms. The van der Waals surface area contributed by atoms with E-state index in [9.17, 15) is 9.59 Å². The summed E-state index contributed by atoms with van der Waals surface area (Å²) in [5, 5.41) is 4.77. The van der Waals surface area contributed by atoms with Crippen molar-refractivity contribution in [3.8, 4) is 28.4 Å². The van der Waals surface area contributed by atoms with E-state index in [2.05, 4.69) is 13.8 Å². The molecule has 8 nitrogen and oxygen atoms in total. The molecule has 0 saturated heterocycles. The highest BCUT2D eigenvalue weighted by molar-refractivity contribution is 6.06. The maximum atomic E-state index is 13.2. The van der Waals surface area contributed by atoms with Gasteiger partial charge in [-0.15, -0.1) is 0 Å². The van der Waals surface area contributed by atoms with Gasteiger partial charge in [-0.25, -0.2) is 14.3 Å². The molecular weight excluding hydrogens is 640 g/mol. The van der Waals surface area contributed by atoms with Crippen LogP contribution >= 0.6 is 0 Å². The molecule has 0 saturated carbocycles. The summed E-state index contributed by atoms with van der Waals surface area (Å²) in [6.07, 6.45) is 25.1. The topological polar surface area (TPSA) is 88.9 Å². The molecule has 8 heteroatoms. The summed E-state index contributed by atoms with van der Waals surface area (Å²) >= 11 is 0. The van der Waals surface area contributed by atoms with E-state index in [0.29, 0.717) is 41.7 Å². The summed E-state index contributed by atoms with van der Waals surface area (Å²) in [5.74, 6) is -0.106. The molecule has 0 aliphatic heterocycles. The fourth-order valence-corrected chi connectivity index (χ4v) is 6.39. The van der Waals surface area contributed by atoms with Crippen molar-refractivity contribution in [2.24, 2.45) is 0 Å². The van der Waals surface area contributed by atoms with E-state index >= 15 is 0 Å². The first kappa shape index (κ1) is 41.6. The van der Waals surface area contributed by atoms with Crippen molar-refractivity contribution in [1.82, 2.24) is 9.78 Å². The third-order valence-electron chi connectivity index (χ3n) is 9.38. The monoisotopic (exact) mass is 704 g/mol. The molecule has 51 heavy (non-hydrogen) atoms. The smallest absolute Gasteiger partial charge is 0.357 e. The first-order chi connectivity index (χ1) is 25.0. The molecule has 3 aromatic rings. The number of methoxy groups -OCH3 is 2. The number of hydrogen-bond acceptors (Lipinski definition) is 7. The van der Waals surface area contributed by atoms with E-state index in [4.69, 9.17) is 24.0 Å². The second-order valence-corrected chi connectivity index (χ2v) is 13.5. The Morgan fingerprint density at radius 3 is 1.53 bits per heavy atom. The lowest BCUT2D eigenvalue weighted by atomic mass is 10.0. The first-order valence-electron chi connectivity index (χ1n) is 19.8. The number of ether oxygens (including phenoxy) is 4. The van der Waals surface area contributed by atoms with Gasteiger partial charge in [-0.2, -0.15) is 5.10 Å². The van der Waals surface area contributed by atoms with Crippen LogP contribution in [-0.2, 0) is 9.47 Å². The van der Waals surface area contributed by atoms with Gasteiger partial charge in [0, 0.05) is 5.56 Å². The number of aromatic nitrogens is 2. The Morgan fingerprint density at radius 1 is 0.569 bits per heavy atom. The second kappa shape index (κ2) is 25.2. The van der Waals surface area contributed by atoms with E-state index in [-0.39, 0.29) is 11.3 Å². The fourth-order valence-electron chi connectivity index (χ4n) is 6.39. The van der Waals surface area contributed by atoms with Crippen LogP contribution in [0.4, 0.5) is 0 Å². The molecule has 3 rings (SSSR count). The minimum Gasteiger partial charge on any atom is -0.490 e. The summed E-state index contributed by atoms with van der Waals surface area (Å²) in [4.78, 5) is 26.3. The standard InChI is InChI=1S/C43H64N2O6/c1-5-7-9-11-13-15-17-19-21-26-32-50-37-31-30-35(34-38(37)51-33-27-22-20-18-16-14-12-10-8-6-2)40-39(42(46)48-3)41(43(47)49-4)45(44-40)36-28-24-23-25-29-36/h23-25,28-31,34H,5-22,26-27,32-33H2,1-4H3. The third kappa shape index (κ3) is 14.4. The van der Waals surface area contributed by atoms with Crippen molar-refractivity contribution in [3.05, 3.63) is 59.8 Å². The lowest BCUT2D eigenvalue weighted by Crippen LogP contribution is -2.15. The Morgan fingerprint density at radius 2 is 1.04 bits per heavy atom. The van der Waals surface area contributed by atoms with Gasteiger partial charge in [-0.05, 0) is 43.2 Å². The van der Waals surface area contributed by atoms with Crippen molar-refractivity contribution in [2.75, 3.05) is 27.4 Å². The molecular formula is C43H64N2O6. The van der Waals surface area contributed by atoms with Crippen LogP contribution in [0.2, 0.25) is 0 Å². The number of para-hydroxylation sites is 1.